The molecule has 88 valence electrons. The van der Waals surface area contributed by atoms with Crippen LogP contribution in [0, 0.1) is 23.7 Å². The van der Waals surface area contributed by atoms with Gasteiger partial charge in [-0.05, 0) is 62.2 Å². The average molecular weight is 263 g/mol. The Morgan fingerprint density at radius 1 is 0.429 bits per heavy atom. The summed E-state index contributed by atoms with van der Waals surface area (Å²) in [5.74, 6) is 4.71. The van der Waals surface area contributed by atoms with E-state index in [9.17, 15) is 0 Å². The summed E-state index contributed by atoms with van der Waals surface area (Å²) in [6.45, 7) is 0. The van der Waals surface area contributed by atoms with Crippen molar-refractivity contribution in [1.29, 1.82) is 0 Å². The van der Waals surface area contributed by atoms with Gasteiger partial charge in [0.25, 0.3) is 0 Å². The Kier molecular flexibility index (Phi) is 7.90. The first kappa shape index (κ1) is 17.2. The van der Waals surface area contributed by atoms with Gasteiger partial charge in [-0.15, -0.1) is 37.2 Å². The predicted molar refractivity (Wildman–Crippen MR) is 68.4 cm³/mol. The molecule has 14 heavy (non-hydrogen) atoms. The van der Waals surface area contributed by atoms with Crippen LogP contribution in [0.25, 0.3) is 0 Å². The molecule has 0 amide bonds. The van der Waals surface area contributed by atoms with Crippen molar-refractivity contribution in [2.45, 2.75) is 38.5 Å². The van der Waals surface area contributed by atoms with Crippen molar-refractivity contribution in [2.24, 2.45) is 23.7 Å². The summed E-state index contributed by atoms with van der Waals surface area (Å²) >= 11 is 0. The summed E-state index contributed by atoms with van der Waals surface area (Å²) in [7, 11) is 0. The largest absolute Gasteiger partial charge is 0.344 e. The lowest BCUT2D eigenvalue weighted by molar-refractivity contribution is 0.0198. The van der Waals surface area contributed by atoms with Crippen molar-refractivity contribution in [2.75, 3.05) is 0 Å². The summed E-state index contributed by atoms with van der Waals surface area (Å²) in [5.41, 5.74) is 0. The number of halogens is 3. The first-order chi connectivity index (χ1) is 4.90. The van der Waals surface area contributed by atoms with Gasteiger partial charge in [0.15, 0.2) is 0 Å². The molecule has 0 saturated heterocycles. The quantitative estimate of drug-likeness (QED) is 0.695. The normalized spacial score (nSPS) is 41.1. The first-order valence-electron chi connectivity index (χ1n) is 4.90. The van der Waals surface area contributed by atoms with Crippen LogP contribution in [-0.4, -0.2) is 0 Å². The highest BCUT2D eigenvalue weighted by atomic mass is 35.5. The minimum absolute atomic E-state index is 0. The molecule has 0 unspecified atom stereocenters. The Balaban J connectivity index is 0. The van der Waals surface area contributed by atoms with Gasteiger partial charge in [0.1, 0.15) is 0 Å². The molecule has 3 N–H and O–H groups in total. The lowest BCUT2D eigenvalue weighted by atomic mass is 9.56. The molecule has 0 aromatic heterocycles. The van der Waals surface area contributed by atoms with E-state index >= 15 is 0 Å². The Morgan fingerprint density at radius 3 is 0.714 bits per heavy atom. The molecule has 0 aromatic carbocycles. The smallest absolute Gasteiger partial charge is 0.0406 e. The van der Waals surface area contributed by atoms with Crippen molar-refractivity contribution < 1.29 is 0 Å². The van der Waals surface area contributed by atoms with Crippen LogP contribution < -0.4 is 6.15 Å². The molecular weight excluding hydrogens is 240 g/mol. The minimum atomic E-state index is 0. The van der Waals surface area contributed by atoms with E-state index in [1.54, 1.807) is 38.5 Å². The van der Waals surface area contributed by atoms with Gasteiger partial charge < -0.3 is 6.15 Å². The van der Waals surface area contributed by atoms with Crippen LogP contribution in [0.4, 0.5) is 0 Å². The maximum atomic E-state index is 1.60. The van der Waals surface area contributed by atoms with Crippen LogP contribution >= 0.6 is 37.2 Å². The molecule has 1 nitrogen and oxygen atoms in total. The van der Waals surface area contributed by atoms with Crippen molar-refractivity contribution in [3.05, 3.63) is 0 Å². The molecule has 4 bridgehead atoms. The maximum Gasteiger partial charge on any atom is -0.0406 e. The average Bonchev–Trinajstić information content (AvgIpc) is 1.82. The van der Waals surface area contributed by atoms with Crippen LogP contribution in [0.1, 0.15) is 38.5 Å². The SMILES string of the molecule is C1C2CC3CC1CC(C2)C3.Cl.Cl.Cl.N. The lowest BCUT2D eigenvalue weighted by Crippen LogP contribution is -2.38. The molecule has 0 aromatic rings. The van der Waals surface area contributed by atoms with E-state index in [1.165, 1.54) is 23.7 Å². The zero-order valence-corrected chi connectivity index (χ0v) is 10.9. The maximum absolute atomic E-state index is 1.60. The molecule has 4 fully saturated rings. The van der Waals surface area contributed by atoms with Gasteiger partial charge >= 0.3 is 0 Å². The fourth-order valence-electron chi connectivity index (χ4n) is 3.98. The molecule has 0 aliphatic heterocycles. The fourth-order valence-corrected chi connectivity index (χ4v) is 3.98. The minimum Gasteiger partial charge on any atom is -0.344 e. The van der Waals surface area contributed by atoms with Crippen molar-refractivity contribution >= 4 is 37.2 Å². The molecule has 4 aliphatic rings. The highest BCUT2D eigenvalue weighted by Gasteiger charge is 2.41. The Labute approximate surface area is 106 Å². The molecule has 4 heteroatoms. The third-order valence-electron chi connectivity index (χ3n) is 4.00. The van der Waals surface area contributed by atoms with Gasteiger partial charge in [-0.25, -0.2) is 0 Å². The van der Waals surface area contributed by atoms with Crippen LogP contribution in [0.2, 0.25) is 0 Å². The monoisotopic (exact) mass is 261 g/mol. The third-order valence-corrected chi connectivity index (χ3v) is 4.00. The summed E-state index contributed by atoms with van der Waals surface area (Å²) < 4.78 is 0. The highest BCUT2D eigenvalue weighted by Crippen LogP contribution is 2.53. The second-order valence-electron chi connectivity index (χ2n) is 4.88. The molecule has 4 saturated carbocycles. The first-order valence-corrected chi connectivity index (χ1v) is 4.90. The van der Waals surface area contributed by atoms with Crippen molar-refractivity contribution in [3.63, 3.8) is 0 Å². The standard InChI is InChI=1S/C10H16.3ClH.H3N/c1-7-2-9-4-8(1)5-10(3-7)6-9;;;;/h7-10H,1-6H2;3*1H;1H3. The van der Waals surface area contributed by atoms with E-state index in [2.05, 4.69) is 0 Å². The molecule has 4 rings (SSSR count). The van der Waals surface area contributed by atoms with E-state index in [-0.39, 0.29) is 43.4 Å². The topological polar surface area (TPSA) is 35.0 Å². The zero-order chi connectivity index (χ0) is 6.55. The van der Waals surface area contributed by atoms with Gasteiger partial charge in [0.05, 0.1) is 0 Å². The van der Waals surface area contributed by atoms with Crippen LogP contribution in [0.5, 0.6) is 0 Å². The molecule has 0 spiro atoms. The summed E-state index contributed by atoms with van der Waals surface area (Å²) in [5, 5.41) is 0. The molecule has 0 radical (unpaired) electrons. The Bertz CT molecular complexity index is 107. The van der Waals surface area contributed by atoms with Gasteiger partial charge in [-0.3, -0.25) is 0 Å². The molecule has 0 atom stereocenters. The number of hydrogen-bond donors (Lipinski definition) is 1. The molecule has 4 aliphatic carbocycles. The molecule has 0 heterocycles. The third kappa shape index (κ3) is 2.91. The van der Waals surface area contributed by atoms with E-state index in [0.717, 1.165) is 0 Å². The second kappa shape index (κ2) is 6.42. The van der Waals surface area contributed by atoms with Crippen molar-refractivity contribution in [1.82, 2.24) is 6.15 Å². The van der Waals surface area contributed by atoms with Crippen LogP contribution in [0.15, 0.2) is 0 Å². The summed E-state index contributed by atoms with van der Waals surface area (Å²) in [6.07, 6.45) is 9.62. The summed E-state index contributed by atoms with van der Waals surface area (Å²) in [4.78, 5) is 0. The Hall–Kier alpha value is 0.830. The zero-order valence-electron chi connectivity index (χ0n) is 8.48. The second-order valence-corrected chi connectivity index (χ2v) is 4.88. The molecular formula is C10H22Cl3N. The number of rotatable bonds is 0. The van der Waals surface area contributed by atoms with Crippen LogP contribution in [0.3, 0.4) is 0 Å². The highest BCUT2D eigenvalue weighted by molar-refractivity contribution is 5.86. The predicted octanol–water partition coefficient (Wildman–Crippen LogP) is 4.26. The van der Waals surface area contributed by atoms with Gasteiger partial charge in [0.2, 0.25) is 0 Å². The van der Waals surface area contributed by atoms with E-state index in [4.69, 9.17) is 0 Å². The van der Waals surface area contributed by atoms with E-state index < -0.39 is 0 Å². The Morgan fingerprint density at radius 2 is 0.571 bits per heavy atom. The van der Waals surface area contributed by atoms with Gasteiger partial charge in [-0.2, -0.15) is 0 Å². The summed E-state index contributed by atoms with van der Waals surface area (Å²) in [6, 6.07) is 0. The van der Waals surface area contributed by atoms with E-state index in [1.807, 2.05) is 0 Å². The van der Waals surface area contributed by atoms with Crippen LogP contribution in [-0.2, 0) is 0 Å². The number of hydrogen-bond acceptors (Lipinski definition) is 1. The fraction of sp³-hybridized carbons (Fsp3) is 1.00. The lowest BCUT2D eigenvalue weighted by Gasteiger charge is -2.49. The van der Waals surface area contributed by atoms with Crippen molar-refractivity contribution in [3.8, 4) is 0 Å². The van der Waals surface area contributed by atoms with E-state index in [0.29, 0.717) is 0 Å². The van der Waals surface area contributed by atoms with Gasteiger partial charge in [0, 0.05) is 0 Å². The van der Waals surface area contributed by atoms with Gasteiger partial charge in [-0.1, -0.05) is 0 Å².